The Balaban J connectivity index is 1.38. The highest BCUT2D eigenvalue weighted by molar-refractivity contribution is 7.47. The number of pyridine rings is 2. The van der Waals surface area contributed by atoms with E-state index in [0.29, 0.717) is 25.6 Å². The second-order valence-corrected chi connectivity index (χ2v) is 10.6. The molecule has 4 aromatic rings. The third-order valence-corrected chi connectivity index (χ3v) is 7.94. The van der Waals surface area contributed by atoms with Gasteiger partial charge >= 0.3 is 0 Å². The predicted molar refractivity (Wildman–Crippen MR) is 150 cm³/mol. The summed E-state index contributed by atoms with van der Waals surface area (Å²) in [6, 6.07) is 14.9. The number of ether oxygens (including phenoxy) is 1. The van der Waals surface area contributed by atoms with Crippen LogP contribution in [-0.2, 0) is 21.9 Å². The molecule has 0 aliphatic heterocycles. The maximum Gasteiger partial charge on any atom is 0.170 e. The van der Waals surface area contributed by atoms with Gasteiger partial charge < -0.3 is 19.5 Å². The first kappa shape index (κ1) is 26.3. The van der Waals surface area contributed by atoms with Gasteiger partial charge in [0.2, 0.25) is 0 Å². The van der Waals surface area contributed by atoms with Crippen molar-refractivity contribution in [2.24, 2.45) is 0 Å². The number of benzene rings is 2. The molecule has 0 unspecified atom stereocenters. The normalized spacial score (nSPS) is 11.6. The summed E-state index contributed by atoms with van der Waals surface area (Å²) in [6.07, 6.45) is 5.56. The van der Waals surface area contributed by atoms with Gasteiger partial charge in [0.25, 0.3) is 0 Å². The zero-order valence-corrected chi connectivity index (χ0v) is 22.6. The van der Waals surface area contributed by atoms with Crippen LogP contribution in [-0.4, -0.2) is 36.0 Å². The Morgan fingerprint density at radius 1 is 0.917 bits per heavy atom. The number of hydrogen-bond donors (Lipinski definition) is 1. The molecular formula is C29H36N3O3P. The zero-order valence-electron chi connectivity index (χ0n) is 21.7. The number of fused-ring (bicyclic) bond motifs is 3. The smallest absolute Gasteiger partial charge is 0.170 e. The lowest BCUT2D eigenvalue weighted by Crippen LogP contribution is -2.03. The standard InChI is InChI=1S/C29H36N3O3P/c1-5-34-36(35-6-2)15-7-14-33-24-12-11-23(21(4)17-24)10-9-22-18-26-25-13-8-20(3)16-27(25)32-29(30)28(26)31-19-22/h8,11-13,16-19H,5-7,9-10,14-15H2,1-4H3,(H2,30,32). The SMILES string of the molecule is CCOP(CCCOc1ccc(CCc2cnc3c(N)nc4cc(C)ccc4c3c2)c(C)c1)OCC. The Hall–Kier alpha value is -2.79. The van der Waals surface area contributed by atoms with Gasteiger partial charge in [-0.3, -0.25) is 4.98 Å². The van der Waals surface area contributed by atoms with Crippen molar-refractivity contribution in [1.82, 2.24) is 9.97 Å². The van der Waals surface area contributed by atoms with Gasteiger partial charge in [-0.05, 0) is 93.5 Å². The molecule has 0 aliphatic carbocycles. The summed E-state index contributed by atoms with van der Waals surface area (Å²) in [6.45, 7) is 10.2. The topological polar surface area (TPSA) is 79.5 Å². The number of nitrogens with two attached hydrogens (primary N) is 1. The predicted octanol–water partition coefficient (Wildman–Crippen LogP) is 6.92. The van der Waals surface area contributed by atoms with E-state index in [0.717, 1.165) is 53.0 Å². The molecule has 0 fully saturated rings. The minimum Gasteiger partial charge on any atom is -0.494 e. The number of aryl methyl sites for hydroxylation is 4. The second kappa shape index (κ2) is 12.4. The highest BCUT2D eigenvalue weighted by Gasteiger charge is 2.11. The lowest BCUT2D eigenvalue weighted by atomic mass is 9.99. The van der Waals surface area contributed by atoms with Gasteiger partial charge in [0, 0.05) is 23.1 Å². The average molecular weight is 506 g/mol. The van der Waals surface area contributed by atoms with Crippen LogP contribution in [0.15, 0.2) is 48.7 Å². The van der Waals surface area contributed by atoms with Gasteiger partial charge in [0.1, 0.15) is 11.3 Å². The molecule has 7 heteroatoms. The Kier molecular flexibility index (Phi) is 9.08. The van der Waals surface area contributed by atoms with E-state index in [1.807, 2.05) is 20.0 Å². The van der Waals surface area contributed by atoms with Crippen LogP contribution in [0, 0.1) is 13.8 Å². The molecule has 36 heavy (non-hydrogen) atoms. The molecule has 4 rings (SSSR count). The summed E-state index contributed by atoms with van der Waals surface area (Å²) < 4.78 is 17.3. The molecule has 0 bridgehead atoms. The Morgan fingerprint density at radius 3 is 2.47 bits per heavy atom. The van der Waals surface area contributed by atoms with Crippen molar-refractivity contribution in [3.8, 4) is 5.75 Å². The zero-order chi connectivity index (χ0) is 25.5. The molecule has 0 saturated heterocycles. The van der Waals surface area contributed by atoms with Crippen molar-refractivity contribution < 1.29 is 13.8 Å². The summed E-state index contributed by atoms with van der Waals surface area (Å²) in [5, 5.41) is 2.15. The van der Waals surface area contributed by atoms with Gasteiger partial charge in [-0.2, -0.15) is 0 Å². The molecule has 2 aromatic carbocycles. The Bertz CT molecular complexity index is 1320. The van der Waals surface area contributed by atoms with Crippen LogP contribution in [0.25, 0.3) is 21.8 Å². The summed E-state index contributed by atoms with van der Waals surface area (Å²) >= 11 is 0. The first-order valence-corrected chi connectivity index (χ1v) is 14.0. The molecule has 0 saturated carbocycles. The van der Waals surface area contributed by atoms with Crippen molar-refractivity contribution in [2.45, 2.75) is 47.0 Å². The molecule has 0 aliphatic rings. The molecule has 2 N–H and O–H groups in total. The van der Waals surface area contributed by atoms with Crippen molar-refractivity contribution in [3.63, 3.8) is 0 Å². The first-order valence-electron chi connectivity index (χ1n) is 12.7. The molecule has 0 radical (unpaired) electrons. The Morgan fingerprint density at radius 2 is 1.72 bits per heavy atom. The fourth-order valence-electron chi connectivity index (χ4n) is 4.35. The quantitative estimate of drug-likeness (QED) is 0.128. The van der Waals surface area contributed by atoms with E-state index in [4.69, 9.17) is 19.5 Å². The van der Waals surface area contributed by atoms with Crippen LogP contribution in [0.1, 0.15) is 42.5 Å². The van der Waals surface area contributed by atoms with Crippen LogP contribution in [0.4, 0.5) is 5.82 Å². The van der Waals surface area contributed by atoms with E-state index in [1.54, 1.807) is 0 Å². The molecule has 0 atom stereocenters. The number of nitrogens with zero attached hydrogens (tertiary/aromatic N) is 2. The molecule has 2 aromatic heterocycles. The molecular weight excluding hydrogens is 469 g/mol. The fraction of sp³-hybridized carbons (Fsp3) is 0.379. The van der Waals surface area contributed by atoms with Gasteiger partial charge in [-0.15, -0.1) is 0 Å². The van der Waals surface area contributed by atoms with Gasteiger partial charge in [-0.25, -0.2) is 4.98 Å². The lowest BCUT2D eigenvalue weighted by molar-refractivity contribution is 0.263. The maximum absolute atomic E-state index is 6.21. The van der Waals surface area contributed by atoms with Gasteiger partial charge in [0.05, 0.1) is 25.3 Å². The van der Waals surface area contributed by atoms with Crippen LogP contribution < -0.4 is 10.5 Å². The molecule has 6 nitrogen and oxygen atoms in total. The van der Waals surface area contributed by atoms with E-state index >= 15 is 0 Å². The third kappa shape index (κ3) is 6.50. The summed E-state index contributed by atoms with van der Waals surface area (Å²) in [7, 11) is -0.800. The van der Waals surface area contributed by atoms with Gasteiger partial charge in [0.15, 0.2) is 14.2 Å². The minimum atomic E-state index is -0.800. The second-order valence-electron chi connectivity index (χ2n) is 8.94. The largest absolute Gasteiger partial charge is 0.494 e. The van der Waals surface area contributed by atoms with Crippen LogP contribution in [0.5, 0.6) is 5.75 Å². The lowest BCUT2D eigenvalue weighted by Gasteiger charge is -2.16. The average Bonchev–Trinajstić information content (AvgIpc) is 2.86. The van der Waals surface area contributed by atoms with E-state index < -0.39 is 8.38 Å². The van der Waals surface area contributed by atoms with Crippen molar-refractivity contribution >= 4 is 36.0 Å². The summed E-state index contributed by atoms with van der Waals surface area (Å²) in [4.78, 5) is 9.21. The van der Waals surface area contributed by atoms with Crippen LogP contribution in [0.3, 0.4) is 0 Å². The van der Waals surface area contributed by atoms with Crippen molar-refractivity contribution in [3.05, 3.63) is 70.9 Å². The molecule has 2 heterocycles. The first-order chi connectivity index (χ1) is 17.5. The van der Waals surface area contributed by atoms with Crippen molar-refractivity contribution in [2.75, 3.05) is 31.7 Å². The number of rotatable bonds is 12. The monoisotopic (exact) mass is 505 g/mol. The van der Waals surface area contributed by atoms with Gasteiger partial charge in [-0.1, -0.05) is 18.2 Å². The molecule has 190 valence electrons. The maximum atomic E-state index is 6.21. The number of nitrogen functional groups attached to an aromatic ring is 1. The number of hydrogen-bond acceptors (Lipinski definition) is 6. The molecule has 0 amide bonds. The number of aromatic nitrogens is 2. The van der Waals surface area contributed by atoms with E-state index in [2.05, 4.69) is 66.3 Å². The van der Waals surface area contributed by atoms with E-state index in [-0.39, 0.29) is 0 Å². The fourth-order valence-corrected chi connectivity index (χ4v) is 5.65. The minimum absolute atomic E-state index is 0.480. The third-order valence-electron chi connectivity index (χ3n) is 6.17. The van der Waals surface area contributed by atoms with Crippen molar-refractivity contribution in [1.29, 1.82) is 0 Å². The highest BCUT2D eigenvalue weighted by atomic mass is 31.2. The number of anilines is 1. The summed E-state index contributed by atoms with van der Waals surface area (Å²) in [5.74, 6) is 1.39. The van der Waals surface area contributed by atoms with Crippen LogP contribution in [0.2, 0.25) is 0 Å². The summed E-state index contributed by atoms with van der Waals surface area (Å²) in [5.41, 5.74) is 12.8. The Labute approximate surface area is 215 Å². The van der Waals surface area contributed by atoms with E-state index in [9.17, 15) is 0 Å². The van der Waals surface area contributed by atoms with Crippen LogP contribution >= 0.6 is 8.38 Å². The molecule has 0 spiro atoms. The highest BCUT2D eigenvalue weighted by Crippen LogP contribution is 2.38. The van der Waals surface area contributed by atoms with E-state index in [1.165, 1.54) is 22.3 Å².